The molecule has 0 spiro atoms. The molecule has 3 rings (SSSR count). The molecule has 84 valence electrons. The number of benzene rings is 1. The number of fused-ring (bicyclic) bond motifs is 1. The first kappa shape index (κ1) is 9.85. The van der Waals surface area contributed by atoms with Crippen molar-refractivity contribution < 1.29 is 14.3 Å². The van der Waals surface area contributed by atoms with Crippen LogP contribution in [-0.2, 0) is 11.2 Å². The van der Waals surface area contributed by atoms with Crippen LogP contribution in [0.2, 0.25) is 0 Å². The standard InChI is InChI=1S/C13H14O3/c14-12(10-4-6-15-8-10)11-3-1-2-9-5-7-16-13(9)11/h1-3,10H,4-8H2. The average Bonchev–Trinajstić information content (AvgIpc) is 2.98. The van der Waals surface area contributed by atoms with Gasteiger partial charge < -0.3 is 9.47 Å². The van der Waals surface area contributed by atoms with Crippen LogP contribution in [0.5, 0.6) is 5.75 Å². The van der Waals surface area contributed by atoms with Crippen molar-refractivity contribution in [3.8, 4) is 5.75 Å². The van der Waals surface area contributed by atoms with Gasteiger partial charge >= 0.3 is 0 Å². The molecule has 0 aliphatic carbocycles. The molecule has 0 amide bonds. The summed E-state index contributed by atoms with van der Waals surface area (Å²) in [5, 5.41) is 0. The molecular formula is C13H14O3. The molecule has 0 saturated carbocycles. The summed E-state index contributed by atoms with van der Waals surface area (Å²) in [5.74, 6) is 1.01. The fraction of sp³-hybridized carbons (Fsp3) is 0.462. The Morgan fingerprint density at radius 1 is 1.31 bits per heavy atom. The SMILES string of the molecule is O=C(c1cccc2c1OCC2)C1CCOC1. The van der Waals surface area contributed by atoms with E-state index in [1.807, 2.05) is 18.2 Å². The maximum atomic E-state index is 12.2. The Bertz CT molecular complexity index is 419. The molecule has 0 N–H and O–H groups in total. The van der Waals surface area contributed by atoms with Gasteiger partial charge in [0.1, 0.15) is 5.75 Å². The van der Waals surface area contributed by atoms with Crippen LogP contribution >= 0.6 is 0 Å². The Balaban J connectivity index is 1.94. The second-order valence-corrected chi connectivity index (χ2v) is 4.32. The molecule has 1 aromatic rings. The zero-order valence-corrected chi connectivity index (χ0v) is 9.07. The van der Waals surface area contributed by atoms with Crippen molar-refractivity contribution in [1.29, 1.82) is 0 Å². The van der Waals surface area contributed by atoms with Gasteiger partial charge in [0.2, 0.25) is 0 Å². The number of rotatable bonds is 2. The maximum Gasteiger partial charge on any atom is 0.172 e. The van der Waals surface area contributed by atoms with Crippen LogP contribution in [0.15, 0.2) is 18.2 Å². The topological polar surface area (TPSA) is 35.5 Å². The van der Waals surface area contributed by atoms with Crippen LogP contribution in [0.1, 0.15) is 22.3 Å². The number of para-hydroxylation sites is 1. The Kier molecular flexibility index (Phi) is 2.40. The third-order valence-electron chi connectivity index (χ3n) is 3.28. The molecule has 2 aliphatic rings. The zero-order valence-electron chi connectivity index (χ0n) is 9.07. The van der Waals surface area contributed by atoms with E-state index in [1.165, 1.54) is 0 Å². The molecule has 16 heavy (non-hydrogen) atoms. The molecule has 1 atom stereocenters. The van der Waals surface area contributed by atoms with Crippen LogP contribution in [0.25, 0.3) is 0 Å². The second-order valence-electron chi connectivity index (χ2n) is 4.32. The first-order chi connectivity index (χ1) is 7.86. The number of hydrogen-bond donors (Lipinski definition) is 0. The highest BCUT2D eigenvalue weighted by Crippen LogP contribution is 2.32. The normalized spacial score (nSPS) is 22.9. The van der Waals surface area contributed by atoms with E-state index in [0.717, 1.165) is 29.7 Å². The van der Waals surface area contributed by atoms with Crippen molar-refractivity contribution >= 4 is 5.78 Å². The lowest BCUT2D eigenvalue weighted by Gasteiger charge is -2.10. The van der Waals surface area contributed by atoms with Crippen molar-refractivity contribution in [2.45, 2.75) is 12.8 Å². The Morgan fingerprint density at radius 3 is 3.06 bits per heavy atom. The summed E-state index contributed by atoms with van der Waals surface area (Å²) >= 11 is 0. The van der Waals surface area contributed by atoms with Crippen LogP contribution in [0, 0.1) is 5.92 Å². The van der Waals surface area contributed by atoms with Crippen LogP contribution < -0.4 is 4.74 Å². The molecule has 3 heteroatoms. The van der Waals surface area contributed by atoms with Crippen LogP contribution in [-0.4, -0.2) is 25.6 Å². The fourth-order valence-electron chi connectivity index (χ4n) is 2.37. The summed E-state index contributed by atoms with van der Waals surface area (Å²) in [5.41, 5.74) is 1.90. The minimum atomic E-state index is 0.0238. The molecule has 0 aromatic heterocycles. The van der Waals surface area contributed by atoms with E-state index in [9.17, 15) is 4.79 Å². The van der Waals surface area contributed by atoms with Crippen LogP contribution in [0.4, 0.5) is 0 Å². The molecule has 2 heterocycles. The largest absolute Gasteiger partial charge is 0.492 e. The summed E-state index contributed by atoms with van der Waals surface area (Å²) in [6.07, 6.45) is 1.75. The predicted octanol–water partition coefficient (Wildman–Crippen LogP) is 1.84. The molecule has 3 nitrogen and oxygen atoms in total. The summed E-state index contributed by atoms with van der Waals surface area (Å²) in [6.45, 7) is 1.95. The van der Waals surface area contributed by atoms with Gasteiger partial charge in [-0.2, -0.15) is 0 Å². The molecular weight excluding hydrogens is 204 g/mol. The van der Waals surface area contributed by atoms with Crippen molar-refractivity contribution in [3.05, 3.63) is 29.3 Å². The minimum Gasteiger partial charge on any atom is -0.492 e. The third kappa shape index (κ3) is 1.52. The Labute approximate surface area is 94.4 Å². The van der Waals surface area contributed by atoms with Gasteiger partial charge in [-0.3, -0.25) is 4.79 Å². The van der Waals surface area contributed by atoms with E-state index in [0.29, 0.717) is 19.8 Å². The van der Waals surface area contributed by atoms with Gasteiger partial charge in [0.05, 0.1) is 18.8 Å². The zero-order chi connectivity index (χ0) is 11.0. The van der Waals surface area contributed by atoms with Gasteiger partial charge in [-0.05, 0) is 18.1 Å². The van der Waals surface area contributed by atoms with E-state index in [1.54, 1.807) is 0 Å². The van der Waals surface area contributed by atoms with Gasteiger partial charge in [0.25, 0.3) is 0 Å². The summed E-state index contributed by atoms with van der Waals surface area (Å²) in [6, 6.07) is 5.84. The fourth-order valence-corrected chi connectivity index (χ4v) is 2.37. The van der Waals surface area contributed by atoms with E-state index in [-0.39, 0.29) is 11.7 Å². The van der Waals surface area contributed by atoms with Gasteiger partial charge in [-0.1, -0.05) is 12.1 Å². The van der Waals surface area contributed by atoms with Crippen molar-refractivity contribution in [1.82, 2.24) is 0 Å². The number of carbonyl (C=O) groups excluding carboxylic acids is 1. The molecule has 0 bridgehead atoms. The highest BCUT2D eigenvalue weighted by molar-refractivity contribution is 6.01. The number of carbonyl (C=O) groups is 1. The molecule has 0 radical (unpaired) electrons. The van der Waals surface area contributed by atoms with E-state index in [2.05, 4.69) is 0 Å². The second kappa shape index (κ2) is 3.91. The van der Waals surface area contributed by atoms with Gasteiger partial charge in [-0.15, -0.1) is 0 Å². The number of ketones is 1. The minimum absolute atomic E-state index is 0.0238. The van der Waals surface area contributed by atoms with Crippen molar-refractivity contribution in [2.75, 3.05) is 19.8 Å². The predicted molar refractivity (Wildman–Crippen MR) is 58.9 cm³/mol. The van der Waals surface area contributed by atoms with E-state index < -0.39 is 0 Å². The number of Topliss-reactive ketones (excluding diaryl/α,β-unsaturated/α-hetero) is 1. The van der Waals surface area contributed by atoms with Crippen LogP contribution in [0.3, 0.4) is 0 Å². The molecule has 2 aliphatic heterocycles. The smallest absolute Gasteiger partial charge is 0.172 e. The highest BCUT2D eigenvalue weighted by atomic mass is 16.5. The van der Waals surface area contributed by atoms with Gasteiger partial charge in [0, 0.05) is 18.9 Å². The van der Waals surface area contributed by atoms with Crippen molar-refractivity contribution in [2.24, 2.45) is 5.92 Å². The molecule has 1 unspecified atom stereocenters. The summed E-state index contributed by atoms with van der Waals surface area (Å²) in [7, 11) is 0. The molecule has 1 saturated heterocycles. The highest BCUT2D eigenvalue weighted by Gasteiger charge is 2.28. The lowest BCUT2D eigenvalue weighted by atomic mass is 9.95. The Hall–Kier alpha value is -1.35. The first-order valence-corrected chi connectivity index (χ1v) is 5.73. The quantitative estimate of drug-likeness (QED) is 0.710. The van der Waals surface area contributed by atoms with Crippen molar-refractivity contribution in [3.63, 3.8) is 0 Å². The van der Waals surface area contributed by atoms with E-state index >= 15 is 0 Å². The monoisotopic (exact) mass is 218 g/mol. The third-order valence-corrected chi connectivity index (χ3v) is 3.28. The lowest BCUT2D eigenvalue weighted by molar-refractivity contribution is 0.0897. The summed E-state index contributed by atoms with van der Waals surface area (Å²) in [4.78, 5) is 12.2. The number of hydrogen-bond acceptors (Lipinski definition) is 3. The molecule has 1 aromatic carbocycles. The lowest BCUT2D eigenvalue weighted by Crippen LogP contribution is -2.15. The van der Waals surface area contributed by atoms with Gasteiger partial charge in [-0.25, -0.2) is 0 Å². The average molecular weight is 218 g/mol. The van der Waals surface area contributed by atoms with E-state index in [4.69, 9.17) is 9.47 Å². The maximum absolute atomic E-state index is 12.2. The summed E-state index contributed by atoms with van der Waals surface area (Å²) < 4.78 is 10.8. The molecule has 1 fully saturated rings. The van der Waals surface area contributed by atoms with Gasteiger partial charge in [0.15, 0.2) is 5.78 Å². The number of ether oxygens (including phenoxy) is 2. The first-order valence-electron chi connectivity index (χ1n) is 5.73. The Morgan fingerprint density at radius 2 is 2.25 bits per heavy atom.